The van der Waals surface area contributed by atoms with Gasteiger partial charge in [0, 0.05) is 0 Å². The Hall–Kier alpha value is -0.570. The molecule has 7 heavy (non-hydrogen) atoms. The van der Waals surface area contributed by atoms with Gasteiger partial charge < -0.3 is 10.9 Å². The Labute approximate surface area is 43.2 Å². The first-order chi connectivity index (χ1) is 2.77. The predicted octanol–water partition coefficient (Wildman–Crippen LogP) is 0.730. The molecule has 0 aromatic rings. The number of carbonyl (C=O) groups excluding carboxylic acids is 1. The van der Waals surface area contributed by atoms with Crippen molar-refractivity contribution in [2.24, 2.45) is 0 Å². The largest absolute Gasteiger partial charge is 0.465 e. The Morgan fingerprint density at radius 2 is 2.00 bits per heavy atom. The molecule has 0 aromatic carbocycles. The van der Waals surface area contributed by atoms with Gasteiger partial charge in [0.05, 0.1) is 6.10 Å². The fraction of sp³-hybridized carbons (Fsp3) is 0.750. The molecule has 0 aliphatic rings. The summed E-state index contributed by atoms with van der Waals surface area (Å²) in [5, 5.41) is 0. The highest BCUT2D eigenvalue weighted by Gasteiger charge is 1.83. The van der Waals surface area contributed by atoms with Gasteiger partial charge in [0.1, 0.15) is 0 Å². The molecule has 0 fully saturated rings. The summed E-state index contributed by atoms with van der Waals surface area (Å²) in [6.07, 6.45) is 0.0301. The third kappa shape index (κ3) is 10.8. The summed E-state index contributed by atoms with van der Waals surface area (Å²) in [5.41, 5.74) is 0. The zero-order chi connectivity index (χ0) is 4.99. The van der Waals surface area contributed by atoms with Gasteiger partial charge in [-0.25, -0.2) is 0 Å². The Bertz CT molecular complexity index is 45.0. The van der Waals surface area contributed by atoms with Gasteiger partial charge in [-0.15, -0.1) is 0 Å². The van der Waals surface area contributed by atoms with Crippen LogP contribution in [0.3, 0.4) is 0 Å². The number of carbonyl (C=O) groups is 1. The van der Waals surface area contributed by atoms with Gasteiger partial charge >= 0.3 is 0 Å². The summed E-state index contributed by atoms with van der Waals surface area (Å²) < 4.78 is 4.36. The first kappa shape index (κ1) is 9.66. The number of hydrogen-bond donors (Lipinski definition) is 1. The quantitative estimate of drug-likeness (QED) is 0.526. The second-order valence-corrected chi connectivity index (χ2v) is 1.28. The third-order valence-corrected chi connectivity index (χ3v) is 0.328. The van der Waals surface area contributed by atoms with Gasteiger partial charge in [-0.2, -0.15) is 0 Å². The zero-order valence-corrected chi connectivity index (χ0v) is 4.68. The average Bonchev–Trinajstić information content (AvgIpc) is 1.35. The first-order valence-electron chi connectivity index (χ1n) is 1.86. The molecule has 0 bridgehead atoms. The lowest BCUT2D eigenvalue weighted by Gasteiger charge is -1.96. The molecule has 0 amide bonds. The monoisotopic (exact) mass is 105 g/mol. The van der Waals surface area contributed by atoms with Gasteiger partial charge in [-0.1, -0.05) is 0 Å². The van der Waals surface area contributed by atoms with Crippen molar-refractivity contribution < 1.29 is 9.53 Å². The van der Waals surface area contributed by atoms with Gasteiger partial charge in [0.2, 0.25) is 0 Å². The Morgan fingerprint density at radius 1 is 1.57 bits per heavy atom. The van der Waals surface area contributed by atoms with E-state index in [0.717, 1.165) is 0 Å². The van der Waals surface area contributed by atoms with E-state index in [2.05, 4.69) is 4.74 Å². The van der Waals surface area contributed by atoms with E-state index in [0.29, 0.717) is 6.47 Å². The van der Waals surface area contributed by atoms with Gasteiger partial charge in [0.15, 0.2) is 0 Å². The van der Waals surface area contributed by atoms with Crippen molar-refractivity contribution in [3.8, 4) is 0 Å². The van der Waals surface area contributed by atoms with Crippen LogP contribution in [0.25, 0.3) is 0 Å². The maximum atomic E-state index is 9.39. The molecule has 0 heterocycles. The molecule has 3 N–H and O–H groups in total. The summed E-state index contributed by atoms with van der Waals surface area (Å²) in [6, 6.07) is 0. The molecule has 0 radical (unpaired) electrons. The summed E-state index contributed by atoms with van der Waals surface area (Å²) in [5.74, 6) is 0. The van der Waals surface area contributed by atoms with E-state index in [1.807, 2.05) is 0 Å². The normalized spacial score (nSPS) is 7.29. The Morgan fingerprint density at radius 3 is 2.00 bits per heavy atom. The van der Waals surface area contributed by atoms with E-state index >= 15 is 0 Å². The highest BCUT2D eigenvalue weighted by Crippen LogP contribution is 1.79. The van der Waals surface area contributed by atoms with E-state index < -0.39 is 0 Å². The van der Waals surface area contributed by atoms with Crippen LogP contribution in [-0.2, 0) is 9.53 Å². The smallest absolute Gasteiger partial charge is 0.293 e. The average molecular weight is 105 g/mol. The topological polar surface area (TPSA) is 61.3 Å². The highest BCUT2D eigenvalue weighted by atomic mass is 16.5. The lowest BCUT2D eigenvalue weighted by molar-refractivity contribution is -0.131. The SMILES string of the molecule is CC(C)OC=O.N. The maximum absolute atomic E-state index is 9.39. The van der Waals surface area contributed by atoms with Crippen molar-refractivity contribution >= 4 is 6.47 Å². The van der Waals surface area contributed by atoms with E-state index in [1.165, 1.54) is 0 Å². The van der Waals surface area contributed by atoms with Gasteiger partial charge in [-0.3, -0.25) is 4.79 Å². The molecule has 3 heteroatoms. The molecule has 0 spiro atoms. The molecule has 0 rings (SSSR count). The standard InChI is InChI=1S/C4H8O2.H3N/c1-4(2)6-3-5;/h3-4H,1-2H3;1H3. The molecule has 3 nitrogen and oxygen atoms in total. The van der Waals surface area contributed by atoms with Gasteiger partial charge in [-0.05, 0) is 13.8 Å². The van der Waals surface area contributed by atoms with Crippen molar-refractivity contribution in [2.45, 2.75) is 20.0 Å². The van der Waals surface area contributed by atoms with Crippen LogP contribution < -0.4 is 6.15 Å². The zero-order valence-electron chi connectivity index (χ0n) is 4.68. The van der Waals surface area contributed by atoms with Crippen LogP contribution in [0.2, 0.25) is 0 Å². The van der Waals surface area contributed by atoms with E-state index in [4.69, 9.17) is 0 Å². The van der Waals surface area contributed by atoms with Crippen LogP contribution in [0, 0.1) is 0 Å². The lowest BCUT2D eigenvalue weighted by atomic mass is 10.5. The lowest BCUT2D eigenvalue weighted by Crippen LogP contribution is -1.98. The molecule has 0 saturated heterocycles. The summed E-state index contributed by atoms with van der Waals surface area (Å²) in [6.45, 7) is 4.05. The van der Waals surface area contributed by atoms with E-state index in [-0.39, 0.29) is 12.3 Å². The second kappa shape index (κ2) is 5.43. The van der Waals surface area contributed by atoms with Crippen LogP contribution in [0.1, 0.15) is 13.8 Å². The fourth-order valence-corrected chi connectivity index (χ4v) is 0.111. The highest BCUT2D eigenvalue weighted by molar-refractivity contribution is 5.37. The molecule has 0 saturated carbocycles. The molecule has 0 aromatic heterocycles. The van der Waals surface area contributed by atoms with Crippen molar-refractivity contribution in [1.29, 1.82) is 0 Å². The number of hydrogen-bond acceptors (Lipinski definition) is 3. The summed E-state index contributed by atoms with van der Waals surface area (Å²) in [4.78, 5) is 9.39. The van der Waals surface area contributed by atoms with Gasteiger partial charge in [0.25, 0.3) is 6.47 Å². The minimum absolute atomic E-state index is 0. The molecular weight excluding hydrogens is 94.0 g/mol. The molecule has 0 unspecified atom stereocenters. The Balaban J connectivity index is 0. The van der Waals surface area contributed by atoms with Crippen LogP contribution >= 0.6 is 0 Å². The van der Waals surface area contributed by atoms with Crippen LogP contribution in [0.5, 0.6) is 0 Å². The third-order valence-electron chi connectivity index (χ3n) is 0.328. The number of rotatable bonds is 2. The fourth-order valence-electron chi connectivity index (χ4n) is 0.111. The Kier molecular flexibility index (Phi) is 7.49. The van der Waals surface area contributed by atoms with Crippen LogP contribution in [0.15, 0.2) is 0 Å². The minimum atomic E-state index is 0. The van der Waals surface area contributed by atoms with Crippen molar-refractivity contribution in [2.75, 3.05) is 0 Å². The van der Waals surface area contributed by atoms with Crippen molar-refractivity contribution in [3.63, 3.8) is 0 Å². The number of ether oxygens (including phenoxy) is 1. The molecular formula is C4H11NO2. The van der Waals surface area contributed by atoms with Crippen LogP contribution in [-0.4, -0.2) is 12.6 Å². The molecule has 0 aliphatic carbocycles. The van der Waals surface area contributed by atoms with Crippen molar-refractivity contribution in [1.82, 2.24) is 6.15 Å². The second-order valence-electron chi connectivity index (χ2n) is 1.28. The van der Waals surface area contributed by atoms with Crippen molar-refractivity contribution in [3.05, 3.63) is 0 Å². The molecule has 44 valence electrons. The predicted molar refractivity (Wildman–Crippen MR) is 27.3 cm³/mol. The maximum Gasteiger partial charge on any atom is 0.293 e. The minimum Gasteiger partial charge on any atom is -0.465 e. The van der Waals surface area contributed by atoms with E-state index in [9.17, 15) is 4.79 Å². The molecule has 0 atom stereocenters. The van der Waals surface area contributed by atoms with E-state index in [1.54, 1.807) is 13.8 Å². The molecule has 0 aliphatic heterocycles. The summed E-state index contributed by atoms with van der Waals surface area (Å²) >= 11 is 0. The van der Waals surface area contributed by atoms with Crippen LogP contribution in [0.4, 0.5) is 0 Å². The first-order valence-corrected chi connectivity index (χ1v) is 1.86. The summed E-state index contributed by atoms with van der Waals surface area (Å²) in [7, 11) is 0.